The number of hydrogen-bond donors (Lipinski definition) is 0. The van der Waals surface area contributed by atoms with Gasteiger partial charge in [-0.3, -0.25) is 0 Å². The smallest absolute Gasteiger partial charge is 0.126 e. The normalized spacial score (nSPS) is 13.8. The average molecular weight is 230 g/mol. The van der Waals surface area contributed by atoms with Gasteiger partial charge in [0.1, 0.15) is 5.60 Å². The van der Waals surface area contributed by atoms with Gasteiger partial charge in [0.25, 0.3) is 0 Å². The van der Waals surface area contributed by atoms with Crippen molar-refractivity contribution in [1.82, 2.24) is 0 Å². The van der Waals surface area contributed by atoms with Crippen LogP contribution in [0.1, 0.15) is 26.7 Å². The lowest BCUT2D eigenvalue weighted by Crippen LogP contribution is -2.26. The number of nitrogens with zero attached hydrogens (tertiary/aromatic N) is 1. The summed E-state index contributed by atoms with van der Waals surface area (Å²) in [6.45, 7) is 4.37. The van der Waals surface area contributed by atoms with Crippen LogP contribution >= 0.6 is 15.9 Å². The van der Waals surface area contributed by atoms with Crippen LogP contribution in [0.25, 0.3) is 0 Å². The molecule has 0 bridgehead atoms. The molecule has 0 aliphatic carbocycles. The first kappa shape index (κ1) is 11.5. The summed E-state index contributed by atoms with van der Waals surface area (Å²) in [5, 5.41) is 8.29. The minimum atomic E-state index is -0.416. The first-order valence-electron chi connectivity index (χ1n) is 3.82. The van der Waals surface area contributed by atoms with E-state index in [1.54, 1.807) is 0 Å². The molecular weight excluding hydrogens is 218 g/mol. The summed E-state index contributed by atoms with van der Waals surface area (Å²) in [6.07, 6.45) is 1.23. The van der Waals surface area contributed by atoms with E-state index in [1.807, 2.05) is 19.9 Å². The highest BCUT2D eigenvalue weighted by atomic mass is 79.9. The second kappa shape index (κ2) is 6.06. The first-order valence-corrected chi connectivity index (χ1v) is 4.61. The van der Waals surface area contributed by atoms with Crippen molar-refractivity contribution in [2.45, 2.75) is 32.3 Å². The number of ether oxygens (including phenoxy) is 1. The van der Waals surface area contributed by atoms with E-state index in [9.17, 15) is 0 Å². The fourth-order valence-corrected chi connectivity index (χ4v) is 1.07. The third-order valence-electron chi connectivity index (χ3n) is 1.62. The molecular formula is C9H12BrNO. The molecule has 0 heterocycles. The van der Waals surface area contributed by atoms with Crippen LogP contribution in [0, 0.1) is 22.1 Å². The minimum absolute atomic E-state index is 0.416. The summed E-state index contributed by atoms with van der Waals surface area (Å²) < 4.78 is 5.43. The van der Waals surface area contributed by atoms with Gasteiger partial charge in [-0.15, -0.1) is 0 Å². The second-order valence-corrected chi connectivity index (χ2v) is 2.96. The fraction of sp³-hybridized carbons (Fsp3) is 0.667. The number of hydrogen-bond acceptors (Lipinski definition) is 2. The molecule has 0 aliphatic heterocycles. The average Bonchev–Trinajstić information content (AvgIpc) is 2.06. The van der Waals surface area contributed by atoms with Crippen LogP contribution in [-0.2, 0) is 4.74 Å². The minimum Gasteiger partial charge on any atom is -0.362 e. The highest BCUT2D eigenvalue weighted by molar-refractivity contribution is 9.12. The van der Waals surface area contributed by atoms with Crippen molar-refractivity contribution in [3.05, 3.63) is 0 Å². The molecule has 0 aromatic heterocycles. The van der Waals surface area contributed by atoms with Crippen LogP contribution in [-0.4, -0.2) is 12.2 Å². The molecule has 0 saturated carbocycles. The zero-order valence-electron chi connectivity index (χ0n) is 7.35. The molecule has 0 radical (unpaired) electrons. The molecule has 0 rings (SSSR count). The number of rotatable bonds is 4. The molecule has 0 N–H and O–H groups in total. The molecule has 1 unspecified atom stereocenters. The molecule has 0 fully saturated rings. The largest absolute Gasteiger partial charge is 0.362 e. The Labute approximate surface area is 82.0 Å². The van der Waals surface area contributed by atoms with Crippen molar-refractivity contribution in [1.29, 1.82) is 5.26 Å². The van der Waals surface area contributed by atoms with Crippen LogP contribution in [0.3, 0.4) is 0 Å². The van der Waals surface area contributed by atoms with E-state index in [2.05, 4.69) is 26.7 Å². The third-order valence-corrected chi connectivity index (χ3v) is 1.82. The predicted octanol–water partition coefficient (Wildman–Crippen LogP) is 2.44. The maximum atomic E-state index is 8.29. The Morgan fingerprint density at radius 1 is 1.58 bits per heavy atom. The van der Waals surface area contributed by atoms with Gasteiger partial charge in [-0.25, -0.2) is 0 Å². The Bertz CT molecular complexity index is 223. The molecule has 3 heteroatoms. The molecule has 0 spiro atoms. The maximum Gasteiger partial charge on any atom is 0.126 e. The van der Waals surface area contributed by atoms with E-state index in [0.29, 0.717) is 13.0 Å². The summed E-state index contributed by atoms with van der Waals surface area (Å²) in [6, 6.07) is 2.02. The molecule has 12 heavy (non-hydrogen) atoms. The summed E-state index contributed by atoms with van der Waals surface area (Å²) in [4.78, 5) is 2.64. The van der Waals surface area contributed by atoms with Crippen molar-refractivity contribution >= 4 is 15.9 Å². The Morgan fingerprint density at radius 2 is 2.25 bits per heavy atom. The fourth-order valence-electron chi connectivity index (χ4n) is 0.648. The quantitative estimate of drug-likeness (QED) is 0.548. The van der Waals surface area contributed by atoms with Gasteiger partial charge in [-0.1, -0.05) is 12.8 Å². The van der Waals surface area contributed by atoms with Crippen molar-refractivity contribution in [2.24, 2.45) is 0 Å². The molecule has 66 valence electrons. The summed E-state index contributed by atoms with van der Waals surface area (Å²) in [5.74, 6) is 2.90. The first-order chi connectivity index (χ1) is 5.68. The lowest BCUT2D eigenvalue weighted by molar-refractivity contribution is 0.0139. The van der Waals surface area contributed by atoms with Gasteiger partial charge >= 0.3 is 0 Å². The Balaban J connectivity index is 3.95. The van der Waals surface area contributed by atoms with Gasteiger partial charge in [0.15, 0.2) is 0 Å². The number of halogens is 1. The van der Waals surface area contributed by atoms with Crippen LogP contribution < -0.4 is 0 Å². The van der Waals surface area contributed by atoms with E-state index >= 15 is 0 Å². The highest BCUT2D eigenvalue weighted by Gasteiger charge is 2.18. The Morgan fingerprint density at radius 3 is 2.67 bits per heavy atom. The monoisotopic (exact) mass is 229 g/mol. The summed E-state index contributed by atoms with van der Waals surface area (Å²) in [5.41, 5.74) is -0.416. The van der Waals surface area contributed by atoms with Gasteiger partial charge in [0.2, 0.25) is 0 Å². The summed E-state index contributed by atoms with van der Waals surface area (Å²) >= 11 is 3.03. The van der Waals surface area contributed by atoms with Crippen molar-refractivity contribution in [2.75, 3.05) is 6.61 Å². The van der Waals surface area contributed by atoms with Crippen LogP contribution in [0.5, 0.6) is 0 Å². The zero-order chi connectivity index (χ0) is 9.45. The molecule has 0 aromatic rings. The maximum absolute atomic E-state index is 8.29. The molecule has 0 aromatic carbocycles. The van der Waals surface area contributed by atoms with Crippen LogP contribution in [0.2, 0.25) is 0 Å². The lowest BCUT2D eigenvalue weighted by Gasteiger charge is -2.21. The summed E-state index contributed by atoms with van der Waals surface area (Å²) in [7, 11) is 0. The number of nitriles is 1. The van der Waals surface area contributed by atoms with Gasteiger partial charge in [-0.05, 0) is 18.2 Å². The third kappa shape index (κ3) is 4.38. The standard InChI is InChI=1S/C9H12BrNO/c1-3-9(2,5-6-10)12-8-4-7-11/h3-4,8H2,1-2H3. The second-order valence-electron chi connectivity index (χ2n) is 2.56. The topological polar surface area (TPSA) is 33.0 Å². The van der Waals surface area contributed by atoms with Gasteiger partial charge in [0.05, 0.1) is 19.1 Å². The van der Waals surface area contributed by atoms with E-state index in [0.717, 1.165) is 6.42 Å². The van der Waals surface area contributed by atoms with Crippen molar-refractivity contribution < 1.29 is 4.74 Å². The van der Waals surface area contributed by atoms with Gasteiger partial charge < -0.3 is 4.74 Å². The van der Waals surface area contributed by atoms with Crippen molar-refractivity contribution in [3.8, 4) is 16.8 Å². The van der Waals surface area contributed by atoms with E-state index < -0.39 is 5.60 Å². The van der Waals surface area contributed by atoms with E-state index in [1.165, 1.54) is 0 Å². The Kier molecular flexibility index (Phi) is 5.80. The lowest BCUT2D eigenvalue weighted by atomic mass is 10.1. The SMILES string of the molecule is CCC(C)(C#CBr)OCCC#N. The van der Waals surface area contributed by atoms with E-state index in [-0.39, 0.29) is 0 Å². The highest BCUT2D eigenvalue weighted by Crippen LogP contribution is 2.14. The van der Waals surface area contributed by atoms with Gasteiger partial charge in [0, 0.05) is 15.9 Å². The van der Waals surface area contributed by atoms with Gasteiger partial charge in [-0.2, -0.15) is 5.26 Å². The molecule has 0 saturated heterocycles. The molecule has 2 nitrogen and oxygen atoms in total. The van der Waals surface area contributed by atoms with Crippen LogP contribution in [0.4, 0.5) is 0 Å². The van der Waals surface area contributed by atoms with E-state index in [4.69, 9.17) is 10.00 Å². The zero-order valence-corrected chi connectivity index (χ0v) is 8.94. The molecule has 0 aliphatic rings. The predicted molar refractivity (Wildman–Crippen MR) is 51.6 cm³/mol. The van der Waals surface area contributed by atoms with Crippen molar-refractivity contribution in [3.63, 3.8) is 0 Å². The molecule has 1 atom stereocenters. The Hall–Kier alpha value is -0.510. The van der Waals surface area contributed by atoms with Crippen LogP contribution in [0.15, 0.2) is 0 Å². The molecule has 0 amide bonds.